The maximum absolute atomic E-state index is 11.5. The lowest BCUT2D eigenvalue weighted by atomic mass is 10.1. The first-order chi connectivity index (χ1) is 8.74. The van der Waals surface area contributed by atoms with Crippen molar-refractivity contribution in [3.8, 4) is 0 Å². The summed E-state index contributed by atoms with van der Waals surface area (Å²) in [6.07, 6.45) is 4.51. The van der Waals surface area contributed by atoms with E-state index in [0.717, 1.165) is 38.8 Å². The van der Waals surface area contributed by atoms with E-state index in [0.29, 0.717) is 6.42 Å². The van der Waals surface area contributed by atoms with E-state index < -0.39 is 0 Å². The van der Waals surface area contributed by atoms with Gasteiger partial charge in [0.1, 0.15) is 0 Å². The molecular weight excluding hydrogens is 224 g/mol. The van der Waals surface area contributed by atoms with Crippen LogP contribution in [0.15, 0.2) is 24.3 Å². The van der Waals surface area contributed by atoms with E-state index in [1.54, 1.807) is 0 Å². The number of hydrogen-bond donors (Lipinski definition) is 2. The maximum Gasteiger partial charge on any atom is 0.220 e. The van der Waals surface area contributed by atoms with Crippen LogP contribution in [0.25, 0.3) is 0 Å². The predicted octanol–water partition coefficient (Wildman–Crippen LogP) is 2.17. The number of carbonyl (C=O) groups is 1. The fourth-order valence-electron chi connectivity index (χ4n) is 1.92. The predicted molar refractivity (Wildman–Crippen MR) is 75.4 cm³/mol. The fraction of sp³-hybridized carbons (Fsp3) is 0.533. The minimum absolute atomic E-state index is 0.153. The molecule has 0 radical (unpaired) electrons. The molecule has 1 aromatic carbocycles. The summed E-state index contributed by atoms with van der Waals surface area (Å²) in [7, 11) is 0. The molecule has 3 N–H and O–H groups in total. The van der Waals surface area contributed by atoms with Crippen LogP contribution in [-0.2, 0) is 11.2 Å². The van der Waals surface area contributed by atoms with Gasteiger partial charge in [-0.1, -0.05) is 30.7 Å². The average Bonchev–Trinajstić information content (AvgIpc) is 2.37. The van der Waals surface area contributed by atoms with Crippen LogP contribution in [-0.4, -0.2) is 19.0 Å². The number of amides is 1. The zero-order chi connectivity index (χ0) is 13.2. The van der Waals surface area contributed by atoms with Gasteiger partial charge in [-0.3, -0.25) is 4.79 Å². The first-order valence-electron chi connectivity index (χ1n) is 6.75. The Morgan fingerprint density at radius 1 is 1.22 bits per heavy atom. The van der Waals surface area contributed by atoms with E-state index in [-0.39, 0.29) is 5.91 Å². The summed E-state index contributed by atoms with van der Waals surface area (Å²) in [6.45, 7) is 3.54. The number of unbranched alkanes of at least 4 members (excludes halogenated alkanes) is 2. The van der Waals surface area contributed by atoms with Crippen LogP contribution in [0.5, 0.6) is 0 Å². The van der Waals surface area contributed by atoms with Crippen molar-refractivity contribution in [1.29, 1.82) is 0 Å². The summed E-state index contributed by atoms with van der Waals surface area (Å²) in [6, 6.07) is 8.29. The van der Waals surface area contributed by atoms with Gasteiger partial charge in [0.05, 0.1) is 0 Å². The molecule has 3 heteroatoms. The summed E-state index contributed by atoms with van der Waals surface area (Å²) in [4.78, 5) is 11.5. The number of carbonyl (C=O) groups excluding carboxylic acids is 1. The van der Waals surface area contributed by atoms with Gasteiger partial charge in [0, 0.05) is 13.0 Å². The smallest absolute Gasteiger partial charge is 0.220 e. The normalized spacial score (nSPS) is 10.3. The average molecular weight is 248 g/mol. The lowest BCUT2D eigenvalue weighted by Crippen LogP contribution is -2.25. The molecule has 0 heterocycles. The summed E-state index contributed by atoms with van der Waals surface area (Å²) in [5, 5.41) is 2.97. The Bertz CT molecular complexity index is 363. The van der Waals surface area contributed by atoms with Crippen molar-refractivity contribution < 1.29 is 4.79 Å². The molecule has 0 aliphatic rings. The summed E-state index contributed by atoms with van der Waals surface area (Å²) in [5.74, 6) is 0.153. The molecule has 18 heavy (non-hydrogen) atoms. The number of hydrogen-bond acceptors (Lipinski definition) is 2. The summed E-state index contributed by atoms with van der Waals surface area (Å²) >= 11 is 0. The Morgan fingerprint density at radius 3 is 2.72 bits per heavy atom. The first-order valence-corrected chi connectivity index (χ1v) is 6.75. The van der Waals surface area contributed by atoms with Crippen LogP contribution in [0.1, 0.15) is 36.8 Å². The molecule has 0 atom stereocenters. The van der Waals surface area contributed by atoms with Crippen LogP contribution in [0.4, 0.5) is 0 Å². The third-order valence-corrected chi connectivity index (χ3v) is 3.09. The van der Waals surface area contributed by atoms with Crippen molar-refractivity contribution >= 4 is 5.91 Å². The molecule has 0 spiro atoms. The number of benzene rings is 1. The van der Waals surface area contributed by atoms with Gasteiger partial charge in [0.15, 0.2) is 0 Å². The Labute approximate surface area is 110 Å². The molecule has 3 nitrogen and oxygen atoms in total. The molecule has 1 amide bonds. The lowest BCUT2D eigenvalue weighted by molar-refractivity contribution is -0.121. The second-order valence-electron chi connectivity index (χ2n) is 4.63. The van der Waals surface area contributed by atoms with Crippen LogP contribution >= 0.6 is 0 Å². The molecule has 0 saturated heterocycles. The molecule has 0 aromatic heterocycles. The van der Waals surface area contributed by atoms with Crippen molar-refractivity contribution in [2.45, 2.75) is 39.0 Å². The zero-order valence-corrected chi connectivity index (χ0v) is 11.2. The number of nitrogens with two attached hydrogens (primary N) is 1. The van der Waals surface area contributed by atoms with Crippen molar-refractivity contribution in [2.75, 3.05) is 13.1 Å². The fourth-order valence-corrected chi connectivity index (χ4v) is 1.92. The summed E-state index contributed by atoms with van der Waals surface area (Å²) < 4.78 is 0. The van der Waals surface area contributed by atoms with Gasteiger partial charge in [-0.15, -0.1) is 0 Å². The first kappa shape index (κ1) is 14.7. The Kier molecular flexibility index (Phi) is 7.11. The number of nitrogens with one attached hydrogen (secondary N) is 1. The van der Waals surface area contributed by atoms with E-state index in [9.17, 15) is 4.79 Å². The largest absolute Gasteiger partial charge is 0.356 e. The number of rotatable bonds is 8. The topological polar surface area (TPSA) is 55.1 Å². The van der Waals surface area contributed by atoms with Gasteiger partial charge < -0.3 is 11.1 Å². The SMILES string of the molecule is Cc1ccccc1CCNC(=O)CCCCCN. The van der Waals surface area contributed by atoms with Gasteiger partial charge >= 0.3 is 0 Å². The molecule has 1 aromatic rings. The van der Waals surface area contributed by atoms with E-state index >= 15 is 0 Å². The van der Waals surface area contributed by atoms with Crippen LogP contribution in [0.2, 0.25) is 0 Å². The third-order valence-electron chi connectivity index (χ3n) is 3.09. The minimum Gasteiger partial charge on any atom is -0.356 e. The van der Waals surface area contributed by atoms with E-state index in [2.05, 4.69) is 24.4 Å². The van der Waals surface area contributed by atoms with Crippen molar-refractivity contribution in [3.63, 3.8) is 0 Å². The van der Waals surface area contributed by atoms with Gasteiger partial charge in [-0.25, -0.2) is 0 Å². The Morgan fingerprint density at radius 2 is 2.00 bits per heavy atom. The molecule has 0 fully saturated rings. The molecule has 100 valence electrons. The minimum atomic E-state index is 0.153. The highest BCUT2D eigenvalue weighted by molar-refractivity contribution is 5.75. The van der Waals surface area contributed by atoms with Crippen molar-refractivity contribution in [3.05, 3.63) is 35.4 Å². The van der Waals surface area contributed by atoms with Gasteiger partial charge in [-0.2, -0.15) is 0 Å². The molecular formula is C15H24N2O. The molecule has 0 aliphatic carbocycles. The third kappa shape index (κ3) is 5.82. The van der Waals surface area contributed by atoms with Crippen molar-refractivity contribution in [2.24, 2.45) is 5.73 Å². The van der Waals surface area contributed by atoms with Gasteiger partial charge in [0.25, 0.3) is 0 Å². The zero-order valence-electron chi connectivity index (χ0n) is 11.2. The van der Waals surface area contributed by atoms with E-state index in [4.69, 9.17) is 5.73 Å². The highest BCUT2D eigenvalue weighted by Crippen LogP contribution is 2.07. The van der Waals surface area contributed by atoms with Crippen LogP contribution in [0.3, 0.4) is 0 Å². The molecule has 0 unspecified atom stereocenters. The quantitative estimate of drug-likeness (QED) is 0.693. The monoisotopic (exact) mass is 248 g/mol. The highest BCUT2D eigenvalue weighted by atomic mass is 16.1. The molecule has 1 rings (SSSR count). The van der Waals surface area contributed by atoms with Gasteiger partial charge in [-0.05, 0) is 43.9 Å². The second-order valence-corrected chi connectivity index (χ2v) is 4.63. The van der Waals surface area contributed by atoms with Gasteiger partial charge in [0.2, 0.25) is 5.91 Å². The van der Waals surface area contributed by atoms with E-state index in [1.807, 2.05) is 12.1 Å². The van der Waals surface area contributed by atoms with E-state index in [1.165, 1.54) is 11.1 Å². The lowest BCUT2D eigenvalue weighted by Gasteiger charge is -2.07. The van der Waals surface area contributed by atoms with Crippen LogP contribution < -0.4 is 11.1 Å². The molecule has 0 bridgehead atoms. The second kappa shape index (κ2) is 8.70. The van der Waals surface area contributed by atoms with Crippen LogP contribution in [0, 0.1) is 6.92 Å². The molecule has 0 aliphatic heterocycles. The highest BCUT2D eigenvalue weighted by Gasteiger charge is 2.01. The Balaban J connectivity index is 2.14. The van der Waals surface area contributed by atoms with Crippen molar-refractivity contribution in [1.82, 2.24) is 5.32 Å². The summed E-state index contributed by atoms with van der Waals surface area (Å²) in [5.41, 5.74) is 8.00. The molecule has 0 saturated carbocycles. The number of aryl methyl sites for hydroxylation is 1. The standard InChI is InChI=1S/C15H24N2O/c1-13-7-4-5-8-14(13)10-12-17-15(18)9-3-2-6-11-16/h4-5,7-8H,2-3,6,9-12,16H2,1H3,(H,17,18). The maximum atomic E-state index is 11.5. The Hall–Kier alpha value is -1.35.